The van der Waals surface area contributed by atoms with Crippen LogP contribution in [0.4, 0.5) is 10.9 Å². The number of fused-ring (bicyclic) bond motifs is 1. The highest BCUT2D eigenvalue weighted by Crippen LogP contribution is 2.39. The highest BCUT2D eigenvalue weighted by atomic mass is 32.1. The molecule has 2 aromatic heterocycles. The molecule has 1 atom stereocenters. The molecular weight excluding hydrogens is 286 g/mol. The lowest BCUT2D eigenvalue weighted by Gasteiger charge is -2.17. The molecule has 0 saturated heterocycles. The topological polar surface area (TPSA) is 92.1 Å². The maximum absolute atomic E-state index is 12.1. The average molecular weight is 301 g/mol. The van der Waals surface area contributed by atoms with Crippen LogP contribution in [-0.4, -0.2) is 5.91 Å². The third-order valence-electron chi connectivity index (χ3n) is 3.70. The summed E-state index contributed by atoms with van der Waals surface area (Å²) in [6.45, 7) is 2.21. The van der Waals surface area contributed by atoms with Crippen molar-refractivity contribution < 1.29 is 9.21 Å². The number of anilines is 2. The van der Waals surface area contributed by atoms with Gasteiger partial charge in [-0.3, -0.25) is 4.79 Å². The summed E-state index contributed by atoms with van der Waals surface area (Å²) in [5, 5.41) is 12.8. The van der Waals surface area contributed by atoms with E-state index >= 15 is 0 Å². The van der Waals surface area contributed by atoms with Crippen LogP contribution in [-0.2, 0) is 12.8 Å². The number of thiophene rings is 1. The first kappa shape index (κ1) is 13.7. The third-order valence-corrected chi connectivity index (χ3v) is 4.87. The Labute approximate surface area is 126 Å². The highest BCUT2D eigenvalue weighted by Gasteiger charge is 2.25. The van der Waals surface area contributed by atoms with Crippen LogP contribution in [0.5, 0.6) is 0 Å². The molecule has 0 bridgehead atoms. The Hall–Kier alpha value is -2.26. The van der Waals surface area contributed by atoms with E-state index in [2.05, 4.69) is 18.3 Å². The van der Waals surface area contributed by atoms with Gasteiger partial charge in [0.25, 0.3) is 5.91 Å². The molecule has 21 heavy (non-hydrogen) atoms. The van der Waals surface area contributed by atoms with Crippen molar-refractivity contribution >= 4 is 28.1 Å². The minimum absolute atomic E-state index is 0.149. The van der Waals surface area contributed by atoms with Crippen LogP contribution < -0.4 is 11.1 Å². The van der Waals surface area contributed by atoms with Gasteiger partial charge in [0.2, 0.25) is 0 Å². The Kier molecular flexibility index (Phi) is 3.43. The molecule has 0 saturated carbocycles. The van der Waals surface area contributed by atoms with Gasteiger partial charge in [-0.25, -0.2) is 0 Å². The molecule has 1 amide bonds. The summed E-state index contributed by atoms with van der Waals surface area (Å²) in [4.78, 5) is 13.3. The number of hydrogen-bond acceptors (Lipinski definition) is 5. The Bertz CT molecular complexity index is 739. The normalized spacial score (nSPS) is 17.0. The van der Waals surface area contributed by atoms with Crippen LogP contribution in [0.15, 0.2) is 16.5 Å². The van der Waals surface area contributed by atoms with Gasteiger partial charge in [0, 0.05) is 10.9 Å². The van der Waals surface area contributed by atoms with E-state index in [1.807, 2.05) is 0 Å². The molecule has 0 aromatic carbocycles. The summed E-state index contributed by atoms with van der Waals surface area (Å²) in [7, 11) is 0. The number of nitrogens with zero attached hydrogens (tertiary/aromatic N) is 1. The summed E-state index contributed by atoms with van der Waals surface area (Å²) in [6.07, 6.45) is 2.96. The van der Waals surface area contributed by atoms with E-state index in [-0.39, 0.29) is 17.6 Å². The van der Waals surface area contributed by atoms with Gasteiger partial charge in [-0.05, 0) is 36.8 Å². The first-order valence-electron chi connectivity index (χ1n) is 6.79. The van der Waals surface area contributed by atoms with Crippen molar-refractivity contribution in [1.82, 2.24) is 0 Å². The van der Waals surface area contributed by atoms with E-state index < -0.39 is 0 Å². The van der Waals surface area contributed by atoms with Crippen molar-refractivity contribution in [2.45, 2.75) is 26.2 Å². The second-order valence-corrected chi connectivity index (χ2v) is 6.43. The largest absolute Gasteiger partial charge is 0.436 e. The van der Waals surface area contributed by atoms with Gasteiger partial charge in [-0.2, -0.15) is 5.26 Å². The molecule has 3 rings (SSSR count). The molecule has 1 aliphatic rings. The van der Waals surface area contributed by atoms with Gasteiger partial charge in [0.15, 0.2) is 11.6 Å². The number of hydrogen-bond donors (Lipinski definition) is 2. The van der Waals surface area contributed by atoms with Crippen LogP contribution in [0.3, 0.4) is 0 Å². The average Bonchev–Trinajstić information content (AvgIpc) is 3.01. The molecule has 1 unspecified atom stereocenters. The smallest absolute Gasteiger partial charge is 0.292 e. The first-order valence-corrected chi connectivity index (χ1v) is 7.61. The predicted molar refractivity (Wildman–Crippen MR) is 81.3 cm³/mol. The molecule has 0 spiro atoms. The molecule has 3 N–H and O–H groups in total. The lowest BCUT2D eigenvalue weighted by molar-refractivity contribution is 0.0998. The number of nitrogens with one attached hydrogen (secondary N) is 1. The predicted octanol–water partition coefficient (Wildman–Crippen LogP) is 3.17. The fourth-order valence-corrected chi connectivity index (χ4v) is 3.95. The zero-order chi connectivity index (χ0) is 15.0. The van der Waals surface area contributed by atoms with E-state index in [1.54, 1.807) is 0 Å². The number of nitrogens with two attached hydrogens (primary N) is 1. The molecule has 6 heteroatoms. The van der Waals surface area contributed by atoms with Crippen LogP contribution in [0.25, 0.3) is 0 Å². The van der Waals surface area contributed by atoms with Gasteiger partial charge >= 0.3 is 0 Å². The maximum Gasteiger partial charge on any atom is 0.292 e. The Balaban J connectivity index is 1.89. The van der Waals surface area contributed by atoms with Gasteiger partial charge in [0.05, 0.1) is 5.56 Å². The van der Waals surface area contributed by atoms with Crippen molar-refractivity contribution in [1.29, 1.82) is 5.26 Å². The summed E-state index contributed by atoms with van der Waals surface area (Å²) in [6, 6.07) is 5.27. The quantitative estimate of drug-likeness (QED) is 0.891. The number of carbonyl (C=O) groups is 1. The summed E-state index contributed by atoms with van der Waals surface area (Å²) in [5.41, 5.74) is 7.15. The van der Waals surface area contributed by atoms with Crippen molar-refractivity contribution in [3.63, 3.8) is 0 Å². The van der Waals surface area contributed by atoms with Crippen molar-refractivity contribution in [2.24, 2.45) is 5.92 Å². The number of rotatable bonds is 2. The van der Waals surface area contributed by atoms with Crippen LogP contribution in [0.1, 0.15) is 39.9 Å². The molecule has 2 heterocycles. The maximum atomic E-state index is 12.1. The number of nitrogen functional groups attached to an aromatic ring is 1. The lowest BCUT2D eigenvalue weighted by atomic mass is 9.89. The number of nitriles is 1. The Morgan fingerprint density at radius 2 is 2.38 bits per heavy atom. The van der Waals surface area contributed by atoms with Gasteiger partial charge < -0.3 is 15.5 Å². The van der Waals surface area contributed by atoms with Crippen LogP contribution >= 0.6 is 11.3 Å². The van der Waals surface area contributed by atoms with Gasteiger partial charge in [-0.15, -0.1) is 11.3 Å². The van der Waals surface area contributed by atoms with E-state index in [0.29, 0.717) is 16.5 Å². The Morgan fingerprint density at radius 1 is 1.57 bits per heavy atom. The SMILES string of the molecule is CC1CCc2c(sc(NC(=O)c3ccc(N)o3)c2C#N)C1. The molecule has 1 aliphatic carbocycles. The Morgan fingerprint density at radius 3 is 3.05 bits per heavy atom. The zero-order valence-electron chi connectivity index (χ0n) is 11.6. The monoisotopic (exact) mass is 301 g/mol. The molecular formula is C15H15N3O2S. The highest BCUT2D eigenvalue weighted by molar-refractivity contribution is 7.16. The summed E-state index contributed by atoms with van der Waals surface area (Å²) >= 11 is 1.49. The van der Waals surface area contributed by atoms with Crippen LogP contribution in [0.2, 0.25) is 0 Å². The van der Waals surface area contributed by atoms with Gasteiger partial charge in [-0.1, -0.05) is 6.92 Å². The standard InChI is InChI=1S/C15H15N3O2S/c1-8-2-3-9-10(7-16)15(21-12(9)6-8)18-14(19)11-4-5-13(17)20-11/h4-5,8H,2-3,6,17H2,1H3,(H,18,19). The second-order valence-electron chi connectivity index (χ2n) is 5.32. The fraction of sp³-hybridized carbons (Fsp3) is 0.333. The summed E-state index contributed by atoms with van der Waals surface area (Å²) < 4.78 is 5.10. The van der Waals surface area contributed by atoms with Crippen molar-refractivity contribution in [2.75, 3.05) is 11.1 Å². The zero-order valence-corrected chi connectivity index (χ0v) is 12.4. The molecule has 5 nitrogen and oxygen atoms in total. The molecule has 0 fully saturated rings. The van der Waals surface area contributed by atoms with Gasteiger partial charge in [0.1, 0.15) is 11.1 Å². The second kappa shape index (κ2) is 5.26. The fourth-order valence-electron chi connectivity index (χ4n) is 2.60. The molecule has 0 radical (unpaired) electrons. The van der Waals surface area contributed by atoms with E-state index in [9.17, 15) is 10.1 Å². The lowest BCUT2D eigenvalue weighted by Crippen LogP contribution is -2.11. The van der Waals surface area contributed by atoms with Crippen LogP contribution in [0, 0.1) is 17.2 Å². The van der Waals surface area contributed by atoms with Crippen molar-refractivity contribution in [3.8, 4) is 6.07 Å². The minimum Gasteiger partial charge on any atom is -0.436 e. The van der Waals surface area contributed by atoms with Crippen molar-refractivity contribution in [3.05, 3.63) is 33.9 Å². The van der Waals surface area contributed by atoms with E-state index in [0.717, 1.165) is 24.8 Å². The minimum atomic E-state index is -0.380. The number of amides is 1. The first-order chi connectivity index (χ1) is 10.1. The molecule has 0 aliphatic heterocycles. The molecule has 2 aromatic rings. The number of furan rings is 1. The molecule has 108 valence electrons. The summed E-state index contributed by atoms with van der Waals surface area (Å²) in [5.74, 6) is 0.585. The van der Waals surface area contributed by atoms with E-state index in [4.69, 9.17) is 10.2 Å². The number of carbonyl (C=O) groups excluding carboxylic acids is 1. The third kappa shape index (κ3) is 2.52. The van der Waals surface area contributed by atoms with E-state index in [1.165, 1.54) is 28.3 Å².